The van der Waals surface area contributed by atoms with Crippen LogP contribution < -0.4 is 5.56 Å². The van der Waals surface area contributed by atoms with Crippen LogP contribution in [0.15, 0.2) is 80.8 Å². The van der Waals surface area contributed by atoms with Crippen molar-refractivity contribution in [2.75, 3.05) is 7.05 Å². The van der Waals surface area contributed by atoms with Gasteiger partial charge in [0.1, 0.15) is 17.0 Å². The van der Waals surface area contributed by atoms with E-state index < -0.39 is 0 Å². The number of hydrogen-bond donors (Lipinski definition) is 0. The predicted molar refractivity (Wildman–Crippen MR) is 109 cm³/mol. The van der Waals surface area contributed by atoms with E-state index >= 15 is 0 Å². The van der Waals surface area contributed by atoms with Crippen molar-refractivity contribution < 1.29 is 13.6 Å². The van der Waals surface area contributed by atoms with Crippen LogP contribution in [0, 0.1) is 0 Å². The van der Waals surface area contributed by atoms with Crippen LogP contribution in [0.4, 0.5) is 0 Å². The van der Waals surface area contributed by atoms with E-state index in [1.807, 2.05) is 28.8 Å². The molecular weight excluding hydrogens is 384 g/mol. The van der Waals surface area contributed by atoms with Crippen LogP contribution in [0.3, 0.4) is 0 Å². The van der Waals surface area contributed by atoms with E-state index in [2.05, 4.69) is 4.98 Å². The number of fused-ring (bicyclic) bond motifs is 3. The maximum atomic E-state index is 13.0. The molecule has 5 aromatic heterocycles. The summed E-state index contributed by atoms with van der Waals surface area (Å²) in [5, 5.41) is 0. The van der Waals surface area contributed by atoms with E-state index in [1.165, 1.54) is 4.90 Å². The number of amides is 1. The number of hydrogen-bond acceptors (Lipinski definition) is 5. The van der Waals surface area contributed by atoms with Crippen molar-refractivity contribution in [1.29, 1.82) is 0 Å². The third kappa shape index (κ3) is 2.98. The molecule has 1 amide bonds. The number of furan rings is 2. The van der Waals surface area contributed by atoms with Gasteiger partial charge in [-0.25, -0.2) is 4.98 Å². The molecule has 0 spiro atoms. The maximum Gasteiger partial charge on any atom is 0.289 e. The van der Waals surface area contributed by atoms with Crippen LogP contribution in [0.2, 0.25) is 0 Å². The summed E-state index contributed by atoms with van der Waals surface area (Å²) in [4.78, 5) is 31.6. The average molecular weight is 402 g/mol. The Kier molecular flexibility index (Phi) is 4.24. The van der Waals surface area contributed by atoms with Crippen molar-refractivity contribution in [3.05, 3.63) is 94.8 Å². The largest absolute Gasteiger partial charge is 0.467 e. The Bertz CT molecular complexity index is 1410. The minimum atomic E-state index is -0.268. The van der Waals surface area contributed by atoms with Crippen molar-refractivity contribution in [3.8, 4) is 0 Å². The fourth-order valence-corrected chi connectivity index (χ4v) is 3.56. The van der Waals surface area contributed by atoms with E-state index in [4.69, 9.17) is 8.83 Å². The minimum Gasteiger partial charge on any atom is -0.467 e. The van der Waals surface area contributed by atoms with Gasteiger partial charge in [0.05, 0.1) is 24.9 Å². The van der Waals surface area contributed by atoms with Gasteiger partial charge < -0.3 is 18.1 Å². The Morgan fingerprint density at radius 3 is 2.77 bits per heavy atom. The first-order valence-electron chi connectivity index (χ1n) is 9.43. The zero-order valence-corrected chi connectivity index (χ0v) is 16.2. The highest BCUT2D eigenvalue weighted by Crippen LogP contribution is 2.17. The molecule has 150 valence electrons. The molecule has 0 atom stereocenters. The molecule has 30 heavy (non-hydrogen) atoms. The second-order valence-electron chi connectivity index (χ2n) is 7.01. The van der Waals surface area contributed by atoms with Gasteiger partial charge >= 0.3 is 0 Å². The Labute approximate surface area is 170 Å². The van der Waals surface area contributed by atoms with Gasteiger partial charge in [-0.1, -0.05) is 0 Å². The zero-order valence-electron chi connectivity index (χ0n) is 16.2. The highest BCUT2D eigenvalue weighted by Gasteiger charge is 2.18. The van der Waals surface area contributed by atoms with Gasteiger partial charge in [0.25, 0.3) is 11.5 Å². The van der Waals surface area contributed by atoms with Gasteiger partial charge in [0.15, 0.2) is 11.4 Å². The Morgan fingerprint density at radius 2 is 1.93 bits per heavy atom. The molecule has 0 saturated heterocycles. The van der Waals surface area contributed by atoms with E-state index in [-0.39, 0.29) is 23.8 Å². The molecule has 5 rings (SSSR count). The number of rotatable bonds is 5. The van der Waals surface area contributed by atoms with Gasteiger partial charge in [-0.2, -0.15) is 0 Å². The normalized spacial score (nSPS) is 11.4. The van der Waals surface area contributed by atoms with Crippen molar-refractivity contribution in [3.63, 3.8) is 0 Å². The summed E-state index contributed by atoms with van der Waals surface area (Å²) in [5.74, 6) is 1.11. The van der Waals surface area contributed by atoms with Crippen molar-refractivity contribution in [1.82, 2.24) is 18.9 Å². The SMILES string of the molecule is CN(Cc1ccco1)C(=O)c1ccc(Cn2c(=O)c3cccn3c3cccnc32)o1. The molecule has 0 aliphatic heterocycles. The molecule has 0 aromatic carbocycles. The van der Waals surface area contributed by atoms with Crippen LogP contribution in [-0.4, -0.2) is 31.8 Å². The molecule has 0 aliphatic rings. The van der Waals surface area contributed by atoms with Crippen LogP contribution in [0.5, 0.6) is 0 Å². The number of carbonyl (C=O) groups is 1. The fourth-order valence-electron chi connectivity index (χ4n) is 3.56. The summed E-state index contributed by atoms with van der Waals surface area (Å²) in [7, 11) is 1.68. The zero-order chi connectivity index (χ0) is 20.7. The van der Waals surface area contributed by atoms with Crippen LogP contribution >= 0.6 is 0 Å². The topological polar surface area (TPSA) is 85.9 Å². The highest BCUT2D eigenvalue weighted by atomic mass is 16.4. The molecule has 0 unspecified atom stereocenters. The molecule has 5 aromatic rings. The van der Waals surface area contributed by atoms with Gasteiger partial charge in [0.2, 0.25) is 0 Å². The number of carbonyl (C=O) groups excluding carboxylic acids is 1. The van der Waals surface area contributed by atoms with Gasteiger partial charge in [-0.05, 0) is 48.5 Å². The second kappa shape index (κ2) is 7.07. The summed E-state index contributed by atoms with van der Waals surface area (Å²) in [6, 6.07) is 14.2. The Balaban J connectivity index is 1.46. The molecule has 8 heteroatoms. The first kappa shape index (κ1) is 18.0. The lowest BCUT2D eigenvalue weighted by atomic mass is 10.3. The molecule has 5 heterocycles. The molecule has 8 nitrogen and oxygen atoms in total. The van der Waals surface area contributed by atoms with E-state index in [1.54, 1.807) is 54.4 Å². The van der Waals surface area contributed by atoms with Crippen molar-refractivity contribution in [2.45, 2.75) is 13.1 Å². The van der Waals surface area contributed by atoms with Gasteiger partial charge in [0, 0.05) is 19.4 Å². The average Bonchev–Trinajstić information content (AvgIpc) is 3.52. The van der Waals surface area contributed by atoms with Crippen LogP contribution in [0.1, 0.15) is 22.1 Å². The third-order valence-corrected chi connectivity index (χ3v) is 5.00. The number of nitrogens with zero attached hydrogens (tertiary/aromatic N) is 4. The summed E-state index contributed by atoms with van der Waals surface area (Å²) in [6.45, 7) is 0.504. The second-order valence-corrected chi connectivity index (χ2v) is 7.01. The van der Waals surface area contributed by atoms with Crippen LogP contribution in [0.25, 0.3) is 16.7 Å². The number of aromatic nitrogens is 3. The van der Waals surface area contributed by atoms with E-state index in [0.29, 0.717) is 29.2 Å². The summed E-state index contributed by atoms with van der Waals surface area (Å²) < 4.78 is 14.4. The molecular formula is C22H18N4O4. The molecule has 0 fully saturated rings. The first-order chi connectivity index (χ1) is 14.6. The lowest BCUT2D eigenvalue weighted by Crippen LogP contribution is -2.25. The summed E-state index contributed by atoms with van der Waals surface area (Å²) in [5.41, 5.74) is 1.74. The van der Waals surface area contributed by atoms with Crippen molar-refractivity contribution in [2.24, 2.45) is 0 Å². The minimum absolute atomic E-state index is 0.170. The maximum absolute atomic E-state index is 13.0. The molecule has 0 aliphatic carbocycles. The summed E-state index contributed by atoms with van der Waals surface area (Å²) >= 11 is 0. The first-order valence-corrected chi connectivity index (χ1v) is 9.43. The fraction of sp³-hybridized carbons (Fsp3) is 0.136. The lowest BCUT2D eigenvalue weighted by molar-refractivity contribution is 0.0741. The van der Waals surface area contributed by atoms with E-state index in [9.17, 15) is 9.59 Å². The van der Waals surface area contributed by atoms with Crippen LogP contribution in [-0.2, 0) is 13.1 Å². The molecule has 0 radical (unpaired) electrons. The Morgan fingerprint density at radius 1 is 1.07 bits per heavy atom. The quantitative estimate of drug-likeness (QED) is 0.451. The smallest absolute Gasteiger partial charge is 0.289 e. The standard InChI is InChI=1S/C22H18N4O4/c1-24(13-15-5-4-12-29-15)22(28)19-9-8-16(30-19)14-26-20-17(6-2-10-23-20)25-11-3-7-18(25)21(26)27/h2-12H,13-14H2,1H3. The Hall–Kier alpha value is -4.07. The molecule has 0 saturated carbocycles. The molecule has 0 bridgehead atoms. The summed E-state index contributed by atoms with van der Waals surface area (Å²) in [6.07, 6.45) is 5.05. The van der Waals surface area contributed by atoms with Crippen molar-refractivity contribution >= 4 is 22.6 Å². The molecule has 0 N–H and O–H groups in total. The highest BCUT2D eigenvalue weighted by molar-refractivity contribution is 5.91. The predicted octanol–water partition coefficient (Wildman–Crippen LogP) is 3.16. The number of pyridine rings is 1. The monoisotopic (exact) mass is 402 g/mol. The third-order valence-electron chi connectivity index (χ3n) is 5.00. The van der Waals surface area contributed by atoms with Gasteiger partial charge in [-0.3, -0.25) is 14.2 Å². The van der Waals surface area contributed by atoms with Gasteiger partial charge in [-0.15, -0.1) is 0 Å². The van der Waals surface area contributed by atoms with E-state index in [0.717, 1.165) is 5.52 Å². The lowest BCUT2D eigenvalue weighted by Gasteiger charge is -2.14.